The van der Waals surface area contributed by atoms with E-state index in [0.717, 1.165) is 32.1 Å². The third-order valence-electron chi connectivity index (χ3n) is 5.81. The van der Waals surface area contributed by atoms with E-state index in [1.54, 1.807) is 24.1 Å². The van der Waals surface area contributed by atoms with Crippen molar-refractivity contribution in [2.24, 2.45) is 5.41 Å². The number of rotatable bonds is 2. The predicted molar refractivity (Wildman–Crippen MR) is 94.6 cm³/mol. The lowest BCUT2D eigenvalue weighted by Gasteiger charge is -2.43. The van der Waals surface area contributed by atoms with E-state index in [2.05, 4.69) is 9.97 Å². The molecule has 1 amide bonds. The first-order valence-electron chi connectivity index (χ1n) is 8.94. The van der Waals surface area contributed by atoms with Crippen LogP contribution in [0.25, 0.3) is 11.0 Å². The molecule has 0 bridgehead atoms. The quantitative estimate of drug-likeness (QED) is 0.910. The van der Waals surface area contributed by atoms with Crippen LogP contribution in [-0.2, 0) is 4.74 Å². The Labute approximate surface area is 146 Å². The lowest BCUT2D eigenvalue weighted by atomic mass is 9.76. The minimum atomic E-state index is -0.418. The number of nitrogens with one attached hydrogen (secondary N) is 1. The number of para-hydroxylation sites is 2. The highest BCUT2D eigenvalue weighted by atomic mass is 16.5. The number of carbonyl (C=O) groups is 1. The summed E-state index contributed by atoms with van der Waals surface area (Å²) in [6.07, 6.45) is 5.49. The number of hydrogen-bond donors (Lipinski definition) is 1. The van der Waals surface area contributed by atoms with Gasteiger partial charge in [-0.2, -0.15) is 0 Å². The number of hydrogen-bond acceptors (Lipinski definition) is 4. The molecule has 1 aromatic heterocycles. The fourth-order valence-corrected chi connectivity index (χ4v) is 4.60. The van der Waals surface area contributed by atoms with Crippen LogP contribution in [0.5, 0.6) is 0 Å². The highest BCUT2D eigenvalue weighted by Gasteiger charge is 2.47. The van der Waals surface area contributed by atoms with Crippen molar-refractivity contribution in [2.45, 2.75) is 38.2 Å². The Hall–Kier alpha value is -2.21. The first kappa shape index (κ1) is 16.3. The maximum atomic E-state index is 13.0. The zero-order valence-electron chi connectivity index (χ0n) is 14.5. The van der Waals surface area contributed by atoms with Gasteiger partial charge in [-0.05, 0) is 37.8 Å². The van der Waals surface area contributed by atoms with E-state index in [1.807, 2.05) is 12.1 Å². The summed E-state index contributed by atoms with van der Waals surface area (Å²) < 4.78 is 5.70. The fourth-order valence-electron chi connectivity index (χ4n) is 4.60. The summed E-state index contributed by atoms with van der Waals surface area (Å²) in [6, 6.07) is 7.27. The molecule has 25 heavy (non-hydrogen) atoms. The maximum absolute atomic E-state index is 13.0. The number of carbonyl (C=O) groups excluding carboxylic acids is 1. The lowest BCUT2D eigenvalue weighted by Crippen LogP contribution is -2.50. The van der Waals surface area contributed by atoms with Gasteiger partial charge in [0.2, 0.25) is 0 Å². The molecule has 132 valence electrons. The minimum absolute atomic E-state index is 0.0114. The normalized spacial score (nSPS) is 26.4. The SMILES string of the molecule is CO[C@@H]1CCC[C@]12CCCN(C(=O)c1nc3ccccc3[nH]c1=O)C2. The first-order chi connectivity index (χ1) is 12.1. The molecule has 2 aromatic rings. The van der Waals surface area contributed by atoms with Gasteiger partial charge in [-0.15, -0.1) is 0 Å². The van der Waals surface area contributed by atoms with Gasteiger partial charge in [0.1, 0.15) is 0 Å². The third-order valence-corrected chi connectivity index (χ3v) is 5.81. The first-order valence-corrected chi connectivity index (χ1v) is 8.94. The van der Waals surface area contributed by atoms with Gasteiger partial charge in [0.25, 0.3) is 11.5 Å². The van der Waals surface area contributed by atoms with Crippen LogP contribution in [0, 0.1) is 5.41 Å². The molecule has 6 heteroatoms. The second-order valence-electron chi connectivity index (χ2n) is 7.24. The predicted octanol–water partition coefficient (Wildman–Crippen LogP) is 2.34. The summed E-state index contributed by atoms with van der Waals surface area (Å²) in [4.78, 5) is 34.3. The second-order valence-corrected chi connectivity index (χ2v) is 7.24. The van der Waals surface area contributed by atoms with E-state index in [0.29, 0.717) is 24.1 Å². The zero-order valence-corrected chi connectivity index (χ0v) is 14.5. The average molecular weight is 341 g/mol. The number of fused-ring (bicyclic) bond motifs is 1. The Bertz CT molecular complexity index is 862. The number of aromatic amines is 1. The number of benzene rings is 1. The number of aromatic nitrogens is 2. The molecule has 2 atom stereocenters. The molecule has 1 aromatic carbocycles. The molecule has 0 radical (unpaired) electrons. The Kier molecular flexibility index (Phi) is 4.07. The highest BCUT2D eigenvalue weighted by molar-refractivity contribution is 5.93. The summed E-state index contributed by atoms with van der Waals surface area (Å²) in [6.45, 7) is 1.32. The van der Waals surface area contributed by atoms with Gasteiger partial charge in [0.05, 0.1) is 17.1 Å². The lowest BCUT2D eigenvalue weighted by molar-refractivity contribution is -0.0296. The van der Waals surface area contributed by atoms with Crippen LogP contribution < -0.4 is 5.56 Å². The summed E-state index contributed by atoms with van der Waals surface area (Å²) in [5, 5.41) is 0. The molecule has 1 N–H and O–H groups in total. The second kappa shape index (κ2) is 6.26. The van der Waals surface area contributed by atoms with Crippen LogP contribution >= 0.6 is 0 Å². The smallest absolute Gasteiger partial charge is 0.280 e. The molecule has 6 nitrogen and oxygen atoms in total. The fraction of sp³-hybridized carbons (Fsp3) is 0.526. The number of likely N-dealkylation sites (tertiary alicyclic amines) is 1. The van der Waals surface area contributed by atoms with Gasteiger partial charge in [0, 0.05) is 25.6 Å². The molecule has 2 aliphatic rings. The summed E-state index contributed by atoms with van der Waals surface area (Å²) in [5.74, 6) is -0.271. The standard InChI is InChI=1S/C19H23N3O3/c1-25-15-8-4-9-19(15)10-5-11-22(12-19)18(24)16-17(23)21-14-7-3-2-6-13(14)20-16/h2-3,6-7,15H,4-5,8-12H2,1H3,(H,21,23)/t15-,19-/m1/s1. The van der Waals surface area contributed by atoms with E-state index < -0.39 is 5.56 Å². The monoisotopic (exact) mass is 341 g/mol. The number of amides is 1. The van der Waals surface area contributed by atoms with Crippen LogP contribution in [-0.4, -0.2) is 47.1 Å². The molecular formula is C19H23N3O3. The molecule has 0 unspecified atom stereocenters. The van der Waals surface area contributed by atoms with Crippen molar-refractivity contribution < 1.29 is 9.53 Å². The largest absolute Gasteiger partial charge is 0.381 e. The van der Waals surface area contributed by atoms with Crippen LogP contribution in [0.2, 0.25) is 0 Å². The average Bonchev–Trinajstić information content (AvgIpc) is 3.02. The number of nitrogens with zero attached hydrogens (tertiary/aromatic N) is 2. The number of piperidine rings is 1. The molecule has 1 aliphatic heterocycles. The molecule has 2 heterocycles. The Morgan fingerprint density at radius 2 is 2.12 bits per heavy atom. The van der Waals surface area contributed by atoms with Crippen LogP contribution in [0.3, 0.4) is 0 Å². The molecular weight excluding hydrogens is 318 g/mol. The summed E-state index contributed by atoms with van der Waals surface area (Å²) >= 11 is 0. The molecule has 1 saturated heterocycles. The Morgan fingerprint density at radius 1 is 1.32 bits per heavy atom. The van der Waals surface area contributed by atoms with Crippen LogP contribution in [0.1, 0.15) is 42.6 Å². The molecule has 2 fully saturated rings. The van der Waals surface area contributed by atoms with Gasteiger partial charge in [-0.1, -0.05) is 18.6 Å². The van der Waals surface area contributed by atoms with E-state index >= 15 is 0 Å². The van der Waals surface area contributed by atoms with E-state index in [9.17, 15) is 9.59 Å². The van der Waals surface area contributed by atoms with Gasteiger partial charge < -0.3 is 14.6 Å². The Morgan fingerprint density at radius 3 is 2.96 bits per heavy atom. The van der Waals surface area contributed by atoms with E-state index in [-0.39, 0.29) is 23.1 Å². The topological polar surface area (TPSA) is 75.3 Å². The van der Waals surface area contributed by atoms with Gasteiger partial charge >= 0.3 is 0 Å². The zero-order chi connectivity index (χ0) is 17.4. The van der Waals surface area contributed by atoms with Crippen LogP contribution in [0.15, 0.2) is 29.1 Å². The Balaban J connectivity index is 1.64. The van der Waals surface area contributed by atoms with Crippen molar-refractivity contribution in [1.82, 2.24) is 14.9 Å². The molecule has 1 spiro atoms. The number of ether oxygens (including phenoxy) is 1. The summed E-state index contributed by atoms with van der Waals surface area (Å²) in [7, 11) is 1.76. The minimum Gasteiger partial charge on any atom is -0.381 e. The van der Waals surface area contributed by atoms with Crippen molar-refractivity contribution >= 4 is 16.9 Å². The van der Waals surface area contributed by atoms with Crippen molar-refractivity contribution in [2.75, 3.05) is 20.2 Å². The van der Waals surface area contributed by atoms with Crippen molar-refractivity contribution in [3.8, 4) is 0 Å². The van der Waals surface area contributed by atoms with E-state index in [1.165, 1.54) is 0 Å². The van der Waals surface area contributed by atoms with Gasteiger partial charge in [-0.25, -0.2) is 4.98 Å². The maximum Gasteiger partial charge on any atom is 0.280 e. The highest BCUT2D eigenvalue weighted by Crippen LogP contribution is 2.46. The molecule has 1 saturated carbocycles. The summed E-state index contributed by atoms with van der Waals surface area (Å²) in [5.41, 5.74) is 0.884. The van der Waals surface area contributed by atoms with E-state index in [4.69, 9.17) is 4.74 Å². The van der Waals surface area contributed by atoms with Crippen molar-refractivity contribution in [1.29, 1.82) is 0 Å². The van der Waals surface area contributed by atoms with Crippen molar-refractivity contribution in [3.63, 3.8) is 0 Å². The van der Waals surface area contributed by atoms with Crippen molar-refractivity contribution in [3.05, 3.63) is 40.3 Å². The van der Waals surface area contributed by atoms with Gasteiger partial charge in [-0.3, -0.25) is 9.59 Å². The third kappa shape index (κ3) is 2.74. The number of H-pyrrole nitrogens is 1. The number of methoxy groups -OCH3 is 1. The van der Waals surface area contributed by atoms with Gasteiger partial charge in [0.15, 0.2) is 5.69 Å². The van der Waals surface area contributed by atoms with Crippen LogP contribution in [0.4, 0.5) is 0 Å². The molecule has 4 rings (SSSR count). The molecule has 1 aliphatic carbocycles.